The van der Waals surface area contributed by atoms with Gasteiger partial charge in [0.05, 0.1) is 12.5 Å². The van der Waals surface area contributed by atoms with Crippen molar-refractivity contribution in [2.75, 3.05) is 19.7 Å². The number of halogens is 1. The normalized spacial score (nSPS) is 33.3. The molecule has 2 aliphatic heterocycles. The highest BCUT2D eigenvalue weighted by atomic mass is 35.5. The Morgan fingerprint density at radius 2 is 2.24 bits per heavy atom. The molecular weight excluding hydrogens is 240 g/mol. The molecule has 2 aliphatic rings. The van der Waals surface area contributed by atoms with Gasteiger partial charge in [0.1, 0.15) is 0 Å². The first-order chi connectivity index (χ1) is 7.68. The molecule has 17 heavy (non-hydrogen) atoms. The van der Waals surface area contributed by atoms with Crippen LogP contribution in [0.2, 0.25) is 0 Å². The number of nitrogens with one attached hydrogen (secondary N) is 1. The number of hydrogen-bond acceptors (Lipinski definition) is 3. The fourth-order valence-electron chi connectivity index (χ4n) is 2.53. The lowest BCUT2D eigenvalue weighted by atomic mass is 10.1. The zero-order valence-electron chi connectivity index (χ0n) is 10.6. The van der Waals surface area contributed by atoms with Crippen LogP contribution in [0.4, 0.5) is 0 Å². The molecule has 1 amide bonds. The second-order valence-electron chi connectivity index (χ2n) is 4.91. The van der Waals surface area contributed by atoms with Gasteiger partial charge in [-0.1, -0.05) is 0 Å². The minimum atomic E-state index is 0. The quantitative estimate of drug-likeness (QED) is 0.813. The molecule has 0 aromatic heterocycles. The van der Waals surface area contributed by atoms with E-state index in [9.17, 15) is 4.79 Å². The van der Waals surface area contributed by atoms with E-state index >= 15 is 0 Å². The number of ether oxygens (including phenoxy) is 1. The molecule has 0 radical (unpaired) electrons. The summed E-state index contributed by atoms with van der Waals surface area (Å²) < 4.78 is 5.51. The summed E-state index contributed by atoms with van der Waals surface area (Å²) in [6, 6.07) is 0.685. The summed E-state index contributed by atoms with van der Waals surface area (Å²) in [6.45, 7) is 6.81. The van der Waals surface area contributed by atoms with Gasteiger partial charge < -0.3 is 15.0 Å². The highest BCUT2D eigenvalue weighted by Crippen LogP contribution is 2.18. The van der Waals surface area contributed by atoms with Crippen molar-refractivity contribution in [1.82, 2.24) is 10.2 Å². The largest absolute Gasteiger partial charge is 0.378 e. The van der Waals surface area contributed by atoms with E-state index in [1.165, 1.54) is 0 Å². The highest BCUT2D eigenvalue weighted by molar-refractivity contribution is 5.85. The molecule has 1 N–H and O–H groups in total. The van der Waals surface area contributed by atoms with Crippen LogP contribution in [0.5, 0.6) is 0 Å². The lowest BCUT2D eigenvalue weighted by Crippen LogP contribution is -2.57. The van der Waals surface area contributed by atoms with Crippen molar-refractivity contribution in [1.29, 1.82) is 0 Å². The summed E-state index contributed by atoms with van der Waals surface area (Å²) in [5.41, 5.74) is 0. The molecule has 0 saturated carbocycles. The fraction of sp³-hybridized carbons (Fsp3) is 0.917. The van der Waals surface area contributed by atoms with Crippen LogP contribution in [-0.4, -0.2) is 48.7 Å². The topological polar surface area (TPSA) is 41.6 Å². The lowest BCUT2D eigenvalue weighted by molar-refractivity contribution is -0.137. The van der Waals surface area contributed by atoms with Crippen molar-refractivity contribution in [2.45, 2.75) is 51.3 Å². The van der Waals surface area contributed by atoms with Crippen molar-refractivity contribution < 1.29 is 9.53 Å². The monoisotopic (exact) mass is 262 g/mol. The third-order valence-corrected chi connectivity index (χ3v) is 3.78. The summed E-state index contributed by atoms with van der Waals surface area (Å²) in [5.74, 6) is 0.257. The van der Waals surface area contributed by atoms with E-state index in [4.69, 9.17) is 4.74 Å². The Morgan fingerprint density at radius 3 is 2.88 bits per heavy atom. The number of rotatable bonds is 2. The van der Waals surface area contributed by atoms with Crippen LogP contribution in [0, 0.1) is 0 Å². The van der Waals surface area contributed by atoms with Gasteiger partial charge in [-0.05, 0) is 26.7 Å². The average Bonchev–Trinajstić information content (AvgIpc) is 2.74. The van der Waals surface area contributed by atoms with Gasteiger partial charge in [0.25, 0.3) is 0 Å². The van der Waals surface area contributed by atoms with Gasteiger partial charge >= 0.3 is 0 Å². The van der Waals surface area contributed by atoms with E-state index in [0.29, 0.717) is 18.5 Å². The molecule has 0 bridgehead atoms. The predicted molar refractivity (Wildman–Crippen MR) is 69.5 cm³/mol. The van der Waals surface area contributed by atoms with Crippen LogP contribution < -0.4 is 5.32 Å². The van der Waals surface area contributed by atoms with E-state index in [1.54, 1.807) is 0 Å². The smallest absolute Gasteiger partial charge is 0.225 e. The zero-order valence-corrected chi connectivity index (χ0v) is 11.5. The van der Waals surface area contributed by atoms with Crippen LogP contribution in [0.15, 0.2) is 0 Å². The summed E-state index contributed by atoms with van der Waals surface area (Å²) in [6.07, 6.45) is 2.88. The molecule has 4 nitrogen and oxygen atoms in total. The van der Waals surface area contributed by atoms with Gasteiger partial charge in [-0.15, -0.1) is 12.4 Å². The van der Waals surface area contributed by atoms with Crippen molar-refractivity contribution in [3.8, 4) is 0 Å². The Labute approximate surface area is 109 Å². The lowest BCUT2D eigenvalue weighted by Gasteiger charge is -2.39. The second kappa shape index (κ2) is 6.57. The van der Waals surface area contributed by atoms with Crippen LogP contribution >= 0.6 is 12.4 Å². The number of amides is 1. The first-order valence-corrected chi connectivity index (χ1v) is 6.33. The van der Waals surface area contributed by atoms with E-state index < -0.39 is 0 Å². The van der Waals surface area contributed by atoms with Gasteiger partial charge in [-0.3, -0.25) is 4.79 Å². The first-order valence-electron chi connectivity index (χ1n) is 6.33. The zero-order chi connectivity index (χ0) is 11.5. The maximum atomic E-state index is 12.1. The van der Waals surface area contributed by atoms with Crippen LogP contribution in [0.3, 0.4) is 0 Å². The molecule has 2 saturated heterocycles. The van der Waals surface area contributed by atoms with Crippen LogP contribution in [0.25, 0.3) is 0 Å². The van der Waals surface area contributed by atoms with Gasteiger partial charge in [-0.2, -0.15) is 0 Å². The van der Waals surface area contributed by atoms with Crippen molar-refractivity contribution in [2.24, 2.45) is 0 Å². The Bertz CT molecular complexity index is 257. The average molecular weight is 263 g/mol. The standard InChI is InChI=1S/C12H22N2O2.ClH/c1-9-10(2)14(6-5-13-9)12(15)8-11-4-3-7-16-11;/h9-11,13H,3-8H2,1-2H3;1H. The van der Waals surface area contributed by atoms with Gasteiger partial charge in [0, 0.05) is 31.8 Å². The Kier molecular flexibility index (Phi) is 5.70. The molecule has 3 atom stereocenters. The molecule has 2 heterocycles. The number of nitrogens with zero attached hydrogens (tertiary/aromatic N) is 1. The fourth-order valence-corrected chi connectivity index (χ4v) is 2.53. The van der Waals surface area contributed by atoms with E-state index in [2.05, 4.69) is 19.2 Å². The third-order valence-electron chi connectivity index (χ3n) is 3.78. The van der Waals surface area contributed by atoms with E-state index in [-0.39, 0.29) is 24.4 Å². The first kappa shape index (κ1) is 14.7. The predicted octanol–water partition coefficient (Wildman–Crippen LogP) is 1.19. The van der Waals surface area contributed by atoms with E-state index in [0.717, 1.165) is 32.5 Å². The molecule has 0 aromatic rings. The molecule has 100 valence electrons. The molecule has 0 aromatic carbocycles. The van der Waals surface area contributed by atoms with Crippen LogP contribution in [-0.2, 0) is 9.53 Å². The Hall–Kier alpha value is -0.320. The number of carbonyl (C=O) groups is 1. The number of carbonyl (C=O) groups excluding carboxylic acids is 1. The molecular formula is C12H23ClN2O2. The van der Waals surface area contributed by atoms with Crippen molar-refractivity contribution in [3.05, 3.63) is 0 Å². The Morgan fingerprint density at radius 1 is 1.47 bits per heavy atom. The molecule has 5 heteroatoms. The maximum absolute atomic E-state index is 12.1. The van der Waals surface area contributed by atoms with Crippen LogP contribution in [0.1, 0.15) is 33.1 Å². The van der Waals surface area contributed by atoms with Crippen molar-refractivity contribution >= 4 is 18.3 Å². The molecule has 0 spiro atoms. The minimum Gasteiger partial charge on any atom is -0.378 e. The number of piperazine rings is 1. The van der Waals surface area contributed by atoms with Gasteiger partial charge in [-0.25, -0.2) is 0 Å². The molecule has 2 fully saturated rings. The summed E-state index contributed by atoms with van der Waals surface area (Å²) in [5, 5.41) is 3.39. The third kappa shape index (κ3) is 3.57. The number of hydrogen-bond donors (Lipinski definition) is 1. The molecule has 2 rings (SSSR count). The summed E-state index contributed by atoms with van der Waals surface area (Å²) in [4.78, 5) is 14.1. The maximum Gasteiger partial charge on any atom is 0.225 e. The summed E-state index contributed by atoms with van der Waals surface area (Å²) in [7, 11) is 0. The Balaban J connectivity index is 0.00000144. The summed E-state index contributed by atoms with van der Waals surface area (Å²) >= 11 is 0. The SMILES string of the molecule is CC1NCCN(C(=O)CC2CCCO2)C1C.Cl. The van der Waals surface area contributed by atoms with Crippen molar-refractivity contribution in [3.63, 3.8) is 0 Å². The van der Waals surface area contributed by atoms with Gasteiger partial charge in [0.15, 0.2) is 0 Å². The highest BCUT2D eigenvalue weighted by Gasteiger charge is 2.30. The van der Waals surface area contributed by atoms with E-state index in [1.807, 2.05) is 4.90 Å². The molecule has 0 aliphatic carbocycles. The minimum absolute atomic E-state index is 0. The molecule has 3 unspecified atom stereocenters. The second-order valence-corrected chi connectivity index (χ2v) is 4.91. The van der Waals surface area contributed by atoms with Gasteiger partial charge in [0.2, 0.25) is 5.91 Å².